The molecule has 0 unspecified atom stereocenters. The van der Waals surface area contributed by atoms with Crippen molar-refractivity contribution >= 4 is 17.5 Å². The van der Waals surface area contributed by atoms with Crippen molar-refractivity contribution in [1.29, 1.82) is 0 Å². The molecule has 0 aromatic heterocycles. The highest BCUT2D eigenvalue weighted by Crippen LogP contribution is 2.16. The van der Waals surface area contributed by atoms with E-state index in [0.29, 0.717) is 30.1 Å². The fourth-order valence-corrected chi connectivity index (χ4v) is 2.30. The van der Waals surface area contributed by atoms with Gasteiger partial charge in [0.25, 0.3) is 5.91 Å². The van der Waals surface area contributed by atoms with Crippen molar-refractivity contribution in [2.75, 3.05) is 11.9 Å². The van der Waals surface area contributed by atoms with Crippen molar-refractivity contribution < 1.29 is 14.0 Å². The summed E-state index contributed by atoms with van der Waals surface area (Å²) in [4.78, 5) is 24.4. The zero-order valence-corrected chi connectivity index (χ0v) is 14.5. The van der Waals surface area contributed by atoms with Crippen molar-refractivity contribution in [1.82, 2.24) is 5.32 Å². The molecule has 25 heavy (non-hydrogen) atoms. The second-order valence-electron chi connectivity index (χ2n) is 6.32. The normalized spacial score (nSPS) is 10.6. The summed E-state index contributed by atoms with van der Waals surface area (Å²) in [7, 11) is 0. The van der Waals surface area contributed by atoms with Gasteiger partial charge in [-0.05, 0) is 42.2 Å². The molecule has 0 spiro atoms. The molecule has 2 aromatic rings. The summed E-state index contributed by atoms with van der Waals surface area (Å²) in [5, 5.41) is 5.64. The Balaban J connectivity index is 1.96. The van der Waals surface area contributed by atoms with E-state index in [2.05, 4.69) is 10.6 Å². The Bertz CT molecular complexity index is 727. The van der Waals surface area contributed by atoms with Gasteiger partial charge in [-0.15, -0.1) is 0 Å². The number of carbonyl (C=O) groups excluding carboxylic acids is 2. The number of para-hydroxylation sites is 1. The van der Waals surface area contributed by atoms with E-state index in [-0.39, 0.29) is 24.1 Å². The van der Waals surface area contributed by atoms with Crippen LogP contribution in [0.1, 0.15) is 36.2 Å². The first-order valence-electron chi connectivity index (χ1n) is 8.37. The van der Waals surface area contributed by atoms with Crippen LogP contribution in [-0.2, 0) is 11.2 Å². The number of halogens is 1. The molecular weight excluding hydrogens is 319 g/mol. The predicted octanol–water partition coefficient (Wildman–Crippen LogP) is 3.78. The maximum Gasteiger partial charge on any atom is 0.253 e. The van der Waals surface area contributed by atoms with Gasteiger partial charge in [-0.25, -0.2) is 4.39 Å². The van der Waals surface area contributed by atoms with Crippen molar-refractivity contribution in [3.05, 3.63) is 65.5 Å². The van der Waals surface area contributed by atoms with E-state index in [1.165, 1.54) is 12.1 Å². The lowest BCUT2D eigenvalue weighted by Crippen LogP contribution is -2.28. The highest BCUT2D eigenvalue weighted by atomic mass is 19.1. The second-order valence-corrected chi connectivity index (χ2v) is 6.32. The van der Waals surface area contributed by atoms with Crippen molar-refractivity contribution in [2.45, 2.75) is 26.7 Å². The Morgan fingerprint density at radius 1 is 1.04 bits per heavy atom. The van der Waals surface area contributed by atoms with E-state index in [4.69, 9.17) is 0 Å². The average molecular weight is 342 g/mol. The molecule has 0 fully saturated rings. The summed E-state index contributed by atoms with van der Waals surface area (Å²) in [6.07, 6.45) is 0.765. The summed E-state index contributed by atoms with van der Waals surface area (Å²) < 4.78 is 12.9. The predicted molar refractivity (Wildman–Crippen MR) is 97.0 cm³/mol. The van der Waals surface area contributed by atoms with E-state index < -0.39 is 0 Å². The van der Waals surface area contributed by atoms with E-state index in [0.717, 1.165) is 5.56 Å². The Kier molecular flexibility index (Phi) is 6.69. The molecule has 5 heteroatoms. The van der Waals surface area contributed by atoms with Gasteiger partial charge in [0.15, 0.2) is 0 Å². The summed E-state index contributed by atoms with van der Waals surface area (Å²) >= 11 is 0. The van der Waals surface area contributed by atoms with Crippen LogP contribution in [0.3, 0.4) is 0 Å². The zero-order valence-electron chi connectivity index (χ0n) is 14.5. The molecule has 0 saturated heterocycles. The highest BCUT2D eigenvalue weighted by Gasteiger charge is 2.13. The molecule has 2 rings (SSSR count). The molecule has 2 amide bonds. The second kappa shape index (κ2) is 8.97. The Labute approximate surface area is 147 Å². The quantitative estimate of drug-likeness (QED) is 0.804. The first-order valence-corrected chi connectivity index (χ1v) is 8.37. The van der Waals surface area contributed by atoms with E-state index in [1.54, 1.807) is 36.4 Å². The van der Waals surface area contributed by atoms with Gasteiger partial charge in [0, 0.05) is 13.0 Å². The third kappa shape index (κ3) is 6.03. The molecule has 0 atom stereocenters. The highest BCUT2D eigenvalue weighted by molar-refractivity contribution is 6.03. The van der Waals surface area contributed by atoms with Crippen LogP contribution < -0.4 is 10.6 Å². The summed E-state index contributed by atoms with van der Waals surface area (Å²) in [6.45, 7) is 4.61. The molecular formula is C20H23FN2O2. The van der Waals surface area contributed by atoms with Crippen LogP contribution in [0.5, 0.6) is 0 Å². The lowest BCUT2D eigenvalue weighted by molar-refractivity contribution is -0.116. The molecule has 0 bridgehead atoms. The smallest absolute Gasteiger partial charge is 0.253 e. The standard InChI is InChI=1S/C20H23FN2O2/c1-14(2)13-22-20(25)17-5-3-4-6-18(17)23-19(24)12-9-15-7-10-16(21)11-8-15/h3-8,10-11,14H,9,12-13H2,1-2H3,(H,22,25)(H,23,24). The van der Waals surface area contributed by atoms with E-state index in [9.17, 15) is 14.0 Å². The minimum absolute atomic E-state index is 0.187. The van der Waals surface area contributed by atoms with Gasteiger partial charge >= 0.3 is 0 Å². The van der Waals surface area contributed by atoms with Crippen molar-refractivity contribution in [3.8, 4) is 0 Å². The van der Waals surface area contributed by atoms with Gasteiger partial charge in [0.1, 0.15) is 5.82 Å². The van der Waals surface area contributed by atoms with Crippen LogP contribution >= 0.6 is 0 Å². The van der Waals surface area contributed by atoms with Gasteiger partial charge in [-0.1, -0.05) is 38.1 Å². The summed E-state index contributed by atoms with van der Waals surface area (Å²) in [5.74, 6) is -0.340. The van der Waals surface area contributed by atoms with Crippen LogP contribution in [0.2, 0.25) is 0 Å². The fourth-order valence-electron chi connectivity index (χ4n) is 2.30. The third-order valence-electron chi connectivity index (χ3n) is 3.67. The average Bonchev–Trinajstić information content (AvgIpc) is 2.59. The zero-order chi connectivity index (χ0) is 18.2. The van der Waals surface area contributed by atoms with Crippen molar-refractivity contribution in [2.24, 2.45) is 5.92 Å². The number of aryl methyl sites for hydroxylation is 1. The minimum Gasteiger partial charge on any atom is -0.352 e. The van der Waals surface area contributed by atoms with Gasteiger partial charge in [0.05, 0.1) is 11.3 Å². The summed E-state index contributed by atoms with van der Waals surface area (Å²) in [6, 6.07) is 13.0. The van der Waals surface area contributed by atoms with Gasteiger partial charge in [-0.2, -0.15) is 0 Å². The molecule has 2 N–H and O–H groups in total. The first-order chi connectivity index (χ1) is 12.0. The largest absolute Gasteiger partial charge is 0.352 e. The molecule has 2 aromatic carbocycles. The number of hydrogen-bond acceptors (Lipinski definition) is 2. The number of anilines is 1. The van der Waals surface area contributed by atoms with E-state index >= 15 is 0 Å². The number of carbonyl (C=O) groups is 2. The van der Waals surface area contributed by atoms with Gasteiger partial charge < -0.3 is 10.6 Å². The Morgan fingerprint density at radius 3 is 2.40 bits per heavy atom. The van der Waals surface area contributed by atoms with Crippen LogP contribution in [0, 0.1) is 11.7 Å². The SMILES string of the molecule is CC(C)CNC(=O)c1ccccc1NC(=O)CCc1ccc(F)cc1. The third-order valence-corrected chi connectivity index (χ3v) is 3.67. The van der Waals surface area contributed by atoms with Gasteiger partial charge in [-0.3, -0.25) is 9.59 Å². The maximum atomic E-state index is 12.9. The van der Waals surface area contributed by atoms with Crippen molar-refractivity contribution in [3.63, 3.8) is 0 Å². The van der Waals surface area contributed by atoms with Crippen LogP contribution in [0.25, 0.3) is 0 Å². The van der Waals surface area contributed by atoms with Crippen LogP contribution in [-0.4, -0.2) is 18.4 Å². The molecule has 132 valence electrons. The molecule has 0 radical (unpaired) electrons. The first kappa shape index (κ1) is 18.6. The lowest BCUT2D eigenvalue weighted by atomic mass is 10.1. The molecule has 4 nitrogen and oxygen atoms in total. The minimum atomic E-state index is -0.297. The molecule has 0 aliphatic heterocycles. The molecule has 0 aliphatic carbocycles. The van der Waals surface area contributed by atoms with Gasteiger partial charge in [0.2, 0.25) is 5.91 Å². The fraction of sp³-hybridized carbons (Fsp3) is 0.300. The Morgan fingerprint density at radius 2 is 1.72 bits per heavy atom. The maximum absolute atomic E-state index is 12.9. The summed E-state index contributed by atoms with van der Waals surface area (Å²) in [5.41, 5.74) is 1.82. The number of rotatable bonds is 7. The number of hydrogen-bond donors (Lipinski definition) is 2. The topological polar surface area (TPSA) is 58.2 Å². The lowest BCUT2D eigenvalue weighted by Gasteiger charge is -2.12. The van der Waals surface area contributed by atoms with Crippen LogP contribution in [0.15, 0.2) is 48.5 Å². The molecule has 0 saturated carbocycles. The number of benzene rings is 2. The monoisotopic (exact) mass is 342 g/mol. The molecule has 0 heterocycles. The molecule has 0 aliphatic rings. The number of nitrogens with one attached hydrogen (secondary N) is 2. The van der Waals surface area contributed by atoms with E-state index in [1.807, 2.05) is 13.8 Å². The number of amides is 2. The van der Waals surface area contributed by atoms with Crippen LogP contribution in [0.4, 0.5) is 10.1 Å². The Hall–Kier alpha value is -2.69.